The average molecular weight is 509 g/mol. The molecule has 0 spiro atoms. The molecule has 192 valence electrons. The first-order valence-electron chi connectivity index (χ1n) is 11.8. The first-order valence-corrected chi connectivity index (χ1v) is 12.1. The number of ketones is 1. The van der Waals surface area contributed by atoms with E-state index in [2.05, 4.69) is 47.2 Å². The van der Waals surface area contributed by atoms with Crippen LogP contribution in [0.5, 0.6) is 0 Å². The Balaban J connectivity index is 0.000000495. The largest absolute Gasteiger partial charge is 0.388 e. The highest BCUT2D eigenvalue weighted by Gasteiger charge is 2.18. The van der Waals surface area contributed by atoms with Gasteiger partial charge < -0.3 is 14.7 Å². The molecule has 7 heteroatoms. The third kappa shape index (κ3) is 10.8. The van der Waals surface area contributed by atoms with E-state index in [0.29, 0.717) is 29.4 Å². The lowest BCUT2D eigenvalue weighted by Gasteiger charge is -2.06. The molecule has 6 nitrogen and oxygen atoms in total. The number of imidazole rings is 1. The first kappa shape index (κ1) is 30.6. The number of aromatic nitrogens is 3. The fraction of sp³-hybridized carbons (Fsp3) is 0.276. The van der Waals surface area contributed by atoms with Crippen LogP contribution in [0.1, 0.15) is 49.8 Å². The summed E-state index contributed by atoms with van der Waals surface area (Å²) in [7, 11) is 1.63. The molecule has 0 bridgehead atoms. The summed E-state index contributed by atoms with van der Waals surface area (Å²) in [6, 6.07) is 7.83. The minimum atomic E-state index is -0.394. The predicted octanol–water partition coefficient (Wildman–Crippen LogP) is 6.89. The number of aliphatic hydroxyl groups is 1. The van der Waals surface area contributed by atoms with Crippen molar-refractivity contribution in [2.75, 3.05) is 7.05 Å². The minimum Gasteiger partial charge on any atom is -0.388 e. The van der Waals surface area contributed by atoms with Gasteiger partial charge in [-0.15, -0.1) is 0 Å². The SMILES string of the molecule is C/C=C\CC.C=C(Cl)/C=C\CC(=C)Cn1cc(C(=O)c2ncc[nH]2)c2ccccc21.CN=CC(C)O. The van der Waals surface area contributed by atoms with E-state index in [1.54, 1.807) is 32.4 Å². The number of allylic oxidation sites excluding steroid dienone is 6. The van der Waals surface area contributed by atoms with Crippen molar-refractivity contribution in [3.8, 4) is 0 Å². The number of carbonyl (C=O) groups excluding carboxylic acids is 1. The van der Waals surface area contributed by atoms with Crippen LogP contribution >= 0.6 is 11.6 Å². The molecule has 36 heavy (non-hydrogen) atoms. The maximum absolute atomic E-state index is 12.7. The number of fused-ring (bicyclic) bond motifs is 1. The van der Waals surface area contributed by atoms with Crippen LogP contribution in [0.25, 0.3) is 10.9 Å². The summed E-state index contributed by atoms with van der Waals surface area (Å²) < 4.78 is 2.04. The predicted molar refractivity (Wildman–Crippen MR) is 153 cm³/mol. The van der Waals surface area contributed by atoms with Gasteiger partial charge in [0.25, 0.3) is 0 Å². The summed E-state index contributed by atoms with van der Waals surface area (Å²) in [5.41, 5.74) is 2.62. The van der Waals surface area contributed by atoms with Gasteiger partial charge in [-0.3, -0.25) is 9.79 Å². The quantitative estimate of drug-likeness (QED) is 0.143. The summed E-state index contributed by atoms with van der Waals surface area (Å²) in [4.78, 5) is 23.2. The van der Waals surface area contributed by atoms with Gasteiger partial charge in [0.1, 0.15) is 0 Å². The molecular formula is C29H37ClN4O2. The Labute approximate surface area is 219 Å². The van der Waals surface area contributed by atoms with Crippen molar-refractivity contribution in [1.29, 1.82) is 0 Å². The van der Waals surface area contributed by atoms with E-state index in [1.165, 1.54) is 6.21 Å². The Hall–Kier alpha value is -3.48. The van der Waals surface area contributed by atoms with Crippen molar-refractivity contribution < 1.29 is 9.90 Å². The van der Waals surface area contributed by atoms with Crippen molar-refractivity contribution in [3.05, 3.63) is 102 Å². The van der Waals surface area contributed by atoms with Crippen molar-refractivity contribution in [1.82, 2.24) is 14.5 Å². The van der Waals surface area contributed by atoms with E-state index < -0.39 is 6.10 Å². The second-order valence-corrected chi connectivity index (χ2v) is 8.37. The molecule has 0 amide bonds. The topological polar surface area (TPSA) is 83.3 Å². The number of halogens is 1. The third-order valence-electron chi connectivity index (χ3n) is 4.68. The van der Waals surface area contributed by atoms with Crippen LogP contribution < -0.4 is 0 Å². The Bertz CT molecular complexity index is 1190. The van der Waals surface area contributed by atoms with Crippen molar-refractivity contribution in [2.45, 2.75) is 46.3 Å². The van der Waals surface area contributed by atoms with Gasteiger partial charge in [-0.05, 0) is 38.8 Å². The van der Waals surface area contributed by atoms with Gasteiger partial charge in [0.15, 0.2) is 5.82 Å². The number of nitrogens with zero attached hydrogens (tertiary/aromatic N) is 3. The number of hydrogen-bond donors (Lipinski definition) is 2. The van der Waals surface area contributed by atoms with Gasteiger partial charge in [-0.2, -0.15) is 0 Å². The van der Waals surface area contributed by atoms with Crippen LogP contribution in [0.4, 0.5) is 0 Å². The van der Waals surface area contributed by atoms with Crippen LogP contribution in [0, 0.1) is 0 Å². The van der Waals surface area contributed by atoms with Crippen LogP contribution in [0.3, 0.4) is 0 Å². The number of rotatable bonds is 9. The number of H-pyrrole nitrogens is 1. The smallest absolute Gasteiger partial charge is 0.230 e. The van der Waals surface area contributed by atoms with Crippen LogP contribution in [-0.2, 0) is 6.54 Å². The summed E-state index contributed by atoms with van der Waals surface area (Å²) in [5.74, 6) is 0.217. The highest BCUT2D eigenvalue weighted by molar-refractivity contribution is 6.30. The zero-order chi connectivity index (χ0) is 26.9. The molecule has 2 N–H and O–H groups in total. The van der Waals surface area contributed by atoms with Gasteiger partial charge in [0, 0.05) is 54.3 Å². The Morgan fingerprint density at radius 2 is 2.03 bits per heavy atom. The summed E-state index contributed by atoms with van der Waals surface area (Å²) in [6.45, 7) is 14.2. The monoisotopic (exact) mass is 508 g/mol. The number of aliphatic imine (C=N–C) groups is 1. The standard InChI is InChI=1S/C20H18ClN3O.C5H10.C4H9NO/c1-14(6-5-7-15(2)21)12-24-13-17(16-8-3-4-9-18(16)24)19(25)20-22-10-11-23-20;1-3-5-4-2;1-4(6)3-5-2/h3-5,7-11,13H,1-2,6,12H2,(H,22,23);3,5H,4H2,1-2H3;3-4,6H,1-2H3/b7-5-;5-3-;. The molecule has 2 heterocycles. The fourth-order valence-electron chi connectivity index (χ4n) is 3.19. The molecule has 0 saturated carbocycles. The van der Waals surface area contributed by atoms with Gasteiger partial charge in [-0.1, -0.05) is 73.7 Å². The summed E-state index contributed by atoms with van der Waals surface area (Å²) in [5, 5.41) is 9.80. The zero-order valence-corrected chi connectivity index (χ0v) is 22.4. The van der Waals surface area contributed by atoms with Gasteiger partial charge >= 0.3 is 0 Å². The fourth-order valence-corrected chi connectivity index (χ4v) is 3.27. The maximum Gasteiger partial charge on any atom is 0.230 e. The van der Waals surface area contributed by atoms with Crippen molar-refractivity contribution in [2.24, 2.45) is 4.99 Å². The normalized spacial score (nSPS) is 11.8. The Morgan fingerprint density at radius 1 is 1.31 bits per heavy atom. The third-order valence-corrected chi connectivity index (χ3v) is 4.81. The number of nitrogens with one attached hydrogen (secondary N) is 1. The molecule has 1 atom stereocenters. The summed E-state index contributed by atoms with van der Waals surface area (Å²) in [6.07, 6.45) is 15.9. The number of benzene rings is 1. The van der Waals surface area contributed by atoms with E-state index in [4.69, 9.17) is 16.7 Å². The summed E-state index contributed by atoms with van der Waals surface area (Å²) >= 11 is 5.72. The average Bonchev–Trinajstić information content (AvgIpc) is 3.49. The van der Waals surface area contributed by atoms with Crippen LogP contribution in [0.2, 0.25) is 0 Å². The van der Waals surface area contributed by atoms with Crippen LogP contribution in [-0.4, -0.2) is 44.8 Å². The molecule has 1 unspecified atom stereocenters. The number of hydrogen-bond acceptors (Lipinski definition) is 4. The second-order valence-electron chi connectivity index (χ2n) is 7.88. The Kier molecular flexibility index (Phi) is 14.5. The molecule has 0 aliphatic carbocycles. The maximum atomic E-state index is 12.7. The molecule has 1 aromatic carbocycles. The molecule has 0 saturated heterocycles. The lowest BCUT2D eigenvalue weighted by atomic mass is 10.1. The highest BCUT2D eigenvalue weighted by atomic mass is 35.5. The molecule has 0 fully saturated rings. The van der Waals surface area contributed by atoms with Crippen molar-refractivity contribution in [3.63, 3.8) is 0 Å². The van der Waals surface area contributed by atoms with Gasteiger partial charge in [-0.25, -0.2) is 4.98 Å². The van der Waals surface area contributed by atoms with Gasteiger partial charge in [0.05, 0.1) is 11.7 Å². The van der Waals surface area contributed by atoms with Gasteiger partial charge in [0.2, 0.25) is 5.78 Å². The number of carbonyl (C=O) groups is 1. The first-order chi connectivity index (χ1) is 17.2. The van der Waals surface area contributed by atoms with E-state index in [0.717, 1.165) is 22.9 Å². The molecular weight excluding hydrogens is 472 g/mol. The number of para-hydroxylation sites is 1. The Morgan fingerprint density at radius 3 is 2.53 bits per heavy atom. The van der Waals surface area contributed by atoms with E-state index in [-0.39, 0.29) is 5.78 Å². The molecule has 2 aromatic heterocycles. The zero-order valence-electron chi connectivity index (χ0n) is 21.6. The molecule has 0 radical (unpaired) electrons. The number of aromatic amines is 1. The minimum absolute atomic E-state index is 0.121. The second kappa shape index (κ2) is 17.0. The lowest BCUT2D eigenvalue weighted by molar-refractivity contribution is 0.103. The van der Waals surface area contributed by atoms with Crippen LogP contribution in [0.15, 0.2) is 95.9 Å². The van der Waals surface area contributed by atoms with Crippen molar-refractivity contribution >= 4 is 34.5 Å². The number of aliphatic hydroxyl groups excluding tert-OH is 1. The van der Waals surface area contributed by atoms with E-state index in [1.807, 2.05) is 48.0 Å². The molecule has 3 aromatic rings. The molecule has 0 aliphatic rings. The molecule has 3 rings (SSSR count). The van der Waals surface area contributed by atoms with E-state index in [9.17, 15) is 4.79 Å². The van der Waals surface area contributed by atoms with E-state index >= 15 is 0 Å². The lowest BCUT2D eigenvalue weighted by Crippen LogP contribution is -2.03. The molecule has 0 aliphatic heterocycles. The highest BCUT2D eigenvalue weighted by Crippen LogP contribution is 2.24.